The molecule has 1 amide bonds. The molecule has 0 saturated heterocycles. The minimum Gasteiger partial charge on any atom is -0.446 e. The number of nitrogens with zero attached hydrogens (tertiary/aromatic N) is 1. The third-order valence-corrected chi connectivity index (χ3v) is 17.1. The van der Waals surface area contributed by atoms with E-state index < -0.39 is 16.4 Å². The number of carbonyl (C=O) groups excluding carboxylic acids is 2. The normalized spacial score (nSPS) is 43.4. The molecule has 53 heavy (non-hydrogen) atoms. The van der Waals surface area contributed by atoms with Crippen LogP contribution in [0.3, 0.4) is 0 Å². The molecule has 2 N–H and O–H groups in total. The Bertz CT molecular complexity index is 1610. The average Bonchev–Trinajstić information content (AvgIpc) is 3.41. The molecule has 6 nitrogen and oxygen atoms in total. The number of rotatable bonds is 8. The lowest BCUT2D eigenvalue weighted by Crippen LogP contribution is -2.67. The van der Waals surface area contributed by atoms with Crippen molar-refractivity contribution in [3.8, 4) is 0 Å². The lowest BCUT2D eigenvalue weighted by molar-refractivity contribution is -0.179. The molecule has 0 aliphatic heterocycles. The van der Waals surface area contributed by atoms with E-state index in [2.05, 4.69) is 65.0 Å². The number of hydrogen-bond donors (Lipinski definition) is 2. The van der Waals surface area contributed by atoms with E-state index in [4.69, 9.17) is 4.74 Å². The van der Waals surface area contributed by atoms with Gasteiger partial charge in [-0.05, 0) is 111 Å². The SMILES string of the molecule is CC1CCC(C(C)C)C(OC(=O)N(Cc2ccccc2)CC2(O)CCC3C45C=CC6(C=C4C(=O)C4CCCCC4)CC(O)CCC6(C)C5CCC32C)C1. The minimum absolute atomic E-state index is 0.0490. The zero-order valence-electron chi connectivity index (χ0n) is 33.3. The van der Waals surface area contributed by atoms with Gasteiger partial charge in [0.2, 0.25) is 0 Å². The summed E-state index contributed by atoms with van der Waals surface area (Å²) < 4.78 is 6.51. The molecule has 2 spiro atoms. The molecule has 1 aromatic rings. The van der Waals surface area contributed by atoms with Gasteiger partial charge in [0.15, 0.2) is 5.78 Å². The molecule has 1 aromatic carbocycles. The van der Waals surface area contributed by atoms with Crippen molar-refractivity contribution in [2.75, 3.05) is 6.54 Å². The van der Waals surface area contributed by atoms with Crippen LogP contribution in [0.25, 0.3) is 0 Å². The summed E-state index contributed by atoms with van der Waals surface area (Å²) in [5.74, 6) is 2.06. The molecule has 5 fully saturated rings. The number of Topliss-reactive ketones (excluding diaryl/α,β-unsaturated/α-hetero) is 1. The number of aliphatic hydroxyl groups excluding tert-OH is 1. The maximum absolute atomic E-state index is 15.0. The molecular formula is C47H67NO5. The number of allylic oxidation sites excluding steroid dienone is 4. The van der Waals surface area contributed by atoms with Crippen LogP contribution >= 0.6 is 0 Å². The van der Waals surface area contributed by atoms with Gasteiger partial charge in [-0.2, -0.15) is 0 Å². The van der Waals surface area contributed by atoms with E-state index in [9.17, 15) is 19.8 Å². The molecule has 0 radical (unpaired) electrons. The van der Waals surface area contributed by atoms with Crippen LogP contribution in [0.2, 0.25) is 0 Å². The molecule has 11 unspecified atom stereocenters. The van der Waals surface area contributed by atoms with Crippen LogP contribution in [-0.2, 0) is 16.1 Å². The second-order valence-electron chi connectivity index (χ2n) is 20.1. The maximum Gasteiger partial charge on any atom is 0.410 e. The van der Waals surface area contributed by atoms with Gasteiger partial charge in [-0.25, -0.2) is 4.79 Å². The van der Waals surface area contributed by atoms with E-state index in [0.717, 1.165) is 81.8 Å². The first kappa shape index (κ1) is 37.5. The van der Waals surface area contributed by atoms with Crippen molar-refractivity contribution in [3.63, 3.8) is 0 Å². The Kier molecular flexibility index (Phi) is 9.65. The zero-order valence-corrected chi connectivity index (χ0v) is 33.3. The molecule has 9 rings (SSSR count). The third-order valence-electron chi connectivity index (χ3n) is 17.1. The van der Waals surface area contributed by atoms with Gasteiger partial charge in [0.05, 0.1) is 18.2 Å². The van der Waals surface area contributed by atoms with Crippen molar-refractivity contribution in [3.05, 3.63) is 59.7 Å². The molecule has 290 valence electrons. The molecule has 0 aromatic heterocycles. The summed E-state index contributed by atoms with van der Waals surface area (Å²) in [6.07, 6.45) is 20.6. The first-order valence-corrected chi connectivity index (χ1v) is 21.6. The monoisotopic (exact) mass is 726 g/mol. The number of ketones is 1. The number of benzene rings is 1. The highest BCUT2D eigenvalue weighted by Gasteiger charge is 2.74. The first-order valence-electron chi connectivity index (χ1n) is 21.6. The smallest absolute Gasteiger partial charge is 0.410 e. The van der Waals surface area contributed by atoms with Gasteiger partial charge in [0.1, 0.15) is 6.10 Å². The topological polar surface area (TPSA) is 87.1 Å². The van der Waals surface area contributed by atoms with Crippen LogP contribution in [0.5, 0.6) is 0 Å². The molecule has 2 bridgehead atoms. The van der Waals surface area contributed by atoms with Crippen molar-refractivity contribution < 1.29 is 24.5 Å². The van der Waals surface area contributed by atoms with Gasteiger partial charge in [-0.15, -0.1) is 0 Å². The largest absolute Gasteiger partial charge is 0.446 e. The number of amides is 1. The fourth-order valence-electron chi connectivity index (χ4n) is 14.0. The van der Waals surface area contributed by atoms with E-state index in [-0.39, 0.29) is 53.4 Å². The third kappa shape index (κ3) is 5.84. The number of aliphatic hydroxyl groups is 2. The van der Waals surface area contributed by atoms with Crippen molar-refractivity contribution in [1.29, 1.82) is 0 Å². The molecule has 8 aliphatic rings. The molecule has 5 saturated carbocycles. The molecule has 6 heteroatoms. The number of hydrogen-bond acceptors (Lipinski definition) is 5. The highest BCUT2D eigenvalue weighted by molar-refractivity contribution is 6.00. The zero-order chi connectivity index (χ0) is 37.4. The van der Waals surface area contributed by atoms with Gasteiger partial charge in [0.25, 0.3) is 0 Å². The molecule has 0 heterocycles. The Morgan fingerprint density at radius 3 is 2.32 bits per heavy atom. The number of carbonyl (C=O) groups is 2. The van der Waals surface area contributed by atoms with Gasteiger partial charge in [-0.3, -0.25) is 4.79 Å². The summed E-state index contributed by atoms with van der Waals surface area (Å²) in [6.45, 7) is 12.1. The standard InChI is InChI=1S/C47H67NO5/c1-31(2)36-17-16-32(3)26-38(36)53-42(51)48(29-33-12-8-6-9-13-33)30-46(52)23-20-40-44(46,5)22-19-39-43(4)21-18-35(49)27-45(43)24-25-47(39,40)37(28-45)41(50)34-14-10-7-11-15-34/h6,8-9,12-13,24-25,28,31-32,34-36,38-40,49,52H,7,10-11,14-23,26-27,29-30H2,1-5H3. The Morgan fingerprint density at radius 2 is 1.58 bits per heavy atom. The lowest BCUT2D eigenvalue weighted by atomic mass is 9.32. The second-order valence-corrected chi connectivity index (χ2v) is 20.1. The molecule has 11 atom stereocenters. The highest BCUT2D eigenvalue weighted by atomic mass is 16.6. The Labute approximate surface area is 319 Å². The van der Waals surface area contributed by atoms with Crippen molar-refractivity contribution in [2.24, 2.45) is 57.2 Å². The van der Waals surface area contributed by atoms with Crippen LogP contribution in [0.4, 0.5) is 4.79 Å². The van der Waals surface area contributed by atoms with Crippen LogP contribution < -0.4 is 0 Å². The summed E-state index contributed by atoms with van der Waals surface area (Å²) in [5.41, 5.74) is -0.399. The van der Waals surface area contributed by atoms with Gasteiger partial charge >= 0.3 is 6.09 Å². The van der Waals surface area contributed by atoms with Crippen LogP contribution in [0, 0.1) is 57.2 Å². The quantitative estimate of drug-likeness (QED) is 0.261. The number of ether oxygens (including phenoxy) is 1. The van der Waals surface area contributed by atoms with Gasteiger partial charge in [0, 0.05) is 34.3 Å². The Balaban J connectivity index is 1.15. The highest BCUT2D eigenvalue weighted by Crippen LogP contribution is 2.78. The molecule has 8 aliphatic carbocycles. The first-order chi connectivity index (χ1) is 25.3. The predicted octanol–water partition coefficient (Wildman–Crippen LogP) is 9.83. The second kappa shape index (κ2) is 13.6. The van der Waals surface area contributed by atoms with Crippen molar-refractivity contribution in [1.82, 2.24) is 4.90 Å². The fourth-order valence-corrected chi connectivity index (χ4v) is 14.0. The fraction of sp³-hybridized carbons (Fsp3) is 0.745. The van der Waals surface area contributed by atoms with Crippen LogP contribution in [-0.4, -0.2) is 51.3 Å². The van der Waals surface area contributed by atoms with Crippen molar-refractivity contribution >= 4 is 11.9 Å². The summed E-state index contributed by atoms with van der Waals surface area (Å²) in [7, 11) is 0. The Hall–Kier alpha value is -2.44. The van der Waals surface area contributed by atoms with Crippen molar-refractivity contribution in [2.45, 2.75) is 155 Å². The van der Waals surface area contributed by atoms with Gasteiger partial charge < -0.3 is 19.8 Å². The summed E-state index contributed by atoms with van der Waals surface area (Å²) in [4.78, 5) is 31.3. The maximum atomic E-state index is 15.0. The number of fused-ring (bicyclic) bond motifs is 1. The summed E-state index contributed by atoms with van der Waals surface area (Å²) in [5, 5.41) is 24.3. The summed E-state index contributed by atoms with van der Waals surface area (Å²) >= 11 is 0. The average molecular weight is 726 g/mol. The lowest BCUT2D eigenvalue weighted by Gasteiger charge is -2.71. The van der Waals surface area contributed by atoms with E-state index in [1.54, 1.807) is 0 Å². The van der Waals surface area contributed by atoms with E-state index in [1.807, 2.05) is 23.1 Å². The predicted molar refractivity (Wildman–Crippen MR) is 209 cm³/mol. The van der Waals surface area contributed by atoms with Crippen LogP contribution in [0.15, 0.2) is 54.1 Å². The minimum atomic E-state index is -1.13. The molecular weight excluding hydrogens is 659 g/mol. The van der Waals surface area contributed by atoms with Crippen LogP contribution in [0.1, 0.15) is 136 Å². The van der Waals surface area contributed by atoms with E-state index in [1.165, 1.54) is 12.8 Å². The van der Waals surface area contributed by atoms with E-state index >= 15 is 0 Å². The summed E-state index contributed by atoms with van der Waals surface area (Å²) in [6, 6.07) is 10.1. The van der Waals surface area contributed by atoms with E-state index in [0.29, 0.717) is 42.9 Å². The Morgan fingerprint density at radius 1 is 0.887 bits per heavy atom. The van der Waals surface area contributed by atoms with Gasteiger partial charge in [-0.1, -0.05) is 109 Å².